The fourth-order valence-corrected chi connectivity index (χ4v) is 2.64. The molecule has 1 heterocycles. The molecule has 1 aliphatic heterocycles. The van der Waals surface area contributed by atoms with E-state index in [1.165, 1.54) is 7.11 Å². The van der Waals surface area contributed by atoms with Crippen molar-refractivity contribution in [2.24, 2.45) is 5.92 Å². The summed E-state index contributed by atoms with van der Waals surface area (Å²) in [6.45, 7) is 6.77. The lowest BCUT2D eigenvalue weighted by molar-refractivity contribution is -0.140. The Balaban J connectivity index is 2.87. The van der Waals surface area contributed by atoms with Crippen molar-refractivity contribution in [3.8, 4) is 0 Å². The van der Waals surface area contributed by atoms with Crippen LogP contribution in [0.5, 0.6) is 0 Å². The van der Waals surface area contributed by atoms with Gasteiger partial charge in [0.15, 0.2) is 0 Å². The molecule has 3 atom stereocenters. The van der Waals surface area contributed by atoms with Crippen LogP contribution in [0.4, 0.5) is 4.79 Å². The third-order valence-corrected chi connectivity index (χ3v) is 4.13. The Morgan fingerprint density at radius 1 is 1.32 bits per heavy atom. The molecular formula is C15H27N3O4. The predicted molar refractivity (Wildman–Crippen MR) is 82.2 cm³/mol. The highest BCUT2D eigenvalue weighted by atomic mass is 16.5. The number of nitrogens with zero attached hydrogens (tertiary/aromatic N) is 1. The lowest BCUT2D eigenvalue weighted by Gasteiger charge is -2.30. The van der Waals surface area contributed by atoms with Gasteiger partial charge in [0.2, 0.25) is 11.8 Å². The molecule has 0 aliphatic carbocycles. The molecule has 1 saturated heterocycles. The minimum Gasteiger partial charge on any atom is -0.453 e. The van der Waals surface area contributed by atoms with Crippen LogP contribution in [0.1, 0.15) is 40.0 Å². The Hall–Kier alpha value is -1.79. The average Bonchev–Trinajstić information content (AvgIpc) is 3.00. The summed E-state index contributed by atoms with van der Waals surface area (Å²) < 4.78 is 4.60. The molecule has 1 fully saturated rings. The van der Waals surface area contributed by atoms with Crippen molar-refractivity contribution < 1.29 is 19.1 Å². The molecule has 0 aromatic rings. The van der Waals surface area contributed by atoms with E-state index in [1.54, 1.807) is 4.90 Å². The van der Waals surface area contributed by atoms with Crippen molar-refractivity contribution in [3.05, 3.63) is 0 Å². The molecule has 126 valence electrons. The van der Waals surface area contributed by atoms with Crippen molar-refractivity contribution in [2.45, 2.75) is 52.1 Å². The summed E-state index contributed by atoms with van der Waals surface area (Å²) in [6.07, 6.45) is 1.55. The number of alkyl carbamates (subject to hydrolysis) is 1. The van der Waals surface area contributed by atoms with Crippen LogP contribution in [0.3, 0.4) is 0 Å². The van der Waals surface area contributed by atoms with E-state index >= 15 is 0 Å². The number of likely N-dealkylation sites (N-methyl/N-ethyl adjacent to an activating group) is 1. The SMILES string of the molecule is CCNC(=O)[C@@H]1CCCN1C(=O)[C@@H](NC(=O)OC)[C@@H](C)CC. The second-order valence-electron chi connectivity index (χ2n) is 5.58. The number of nitrogens with one attached hydrogen (secondary N) is 2. The maximum atomic E-state index is 12.8. The van der Waals surface area contributed by atoms with Crippen molar-refractivity contribution in [1.82, 2.24) is 15.5 Å². The minimum absolute atomic E-state index is 0.0397. The van der Waals surface area contributed by atoms with Gasteiger partial charge in [-0.1, -0.05) is 20.3 Å². The van der Waals surface area contributed by atoms with Gasteiger partial charge in [0.25, 0.3) is 0 Å². The van der Waals surface area contributed by atoms with E-state index in [0.29, 0.717) is 19.5 Å². The second-order valence-corrected chi connectivity index (χ2v) is 5.58. The largest absolute Gasteiger partial charge is 0.453 e. The number of rotatable bonds is 6. The topological polar surface area (TPSA) is 87.7 Å². The quantitative estimate of drug-likeness (QED) is 0.762. The molecule has 22 heavy (non-hydrogen) atoms. The number of carbonyl (C=O) groups is 3. The number of methoxy groups -OCH3 is 1. The van der Waals surface area contributed by atoms with Gasteiger partial charge in [-0.15, -0.1) is 0 Å². The molecule has 0 aromatic carbocycles. The predicted octanol–water partition coefficient (Wildman–Crippen LogP) is 0.884. The summed E-state index contributed by atoms with van der Waals surface area (Å²) in [5.74, 6) is -0.384. The van der Waals surface area contributed by atoms with E-state index in [0.717, 1.165) is 12.8 Å². The summed E-state index contributed by atoms with van der Waals surface area (Å²) in [6, 6.07) is -1.12. The van der Waals surface area contributed by atoms with Gasteiger partial charge >= 0.3 is 6.09 Å². The average molecular weight is 313 g/mol. The molecule has 7 heteroatoms. The maximum absolute atomic E-state index is 12.8. The van der Waals surface area contributed by atoms with Gasteiger partial charge < -0.3 is 20.3 Å². The smallest absolute Gasteiger partial charge is 0.407 e. The number of amides is 3. The van der Waals surface area contributed by atoms with E-state index in [1.807, 2.05) is 20.8 Å². The zero-order valence-corrected chi connectivity index (χ0v) is 13.8. The number of carbonyl (C=O) groups excluding carboxylic acids is 3. The number of hydrogen-bond donors (Lipinski definition) is 2. The first kappa shape index (κ1) is 18.3. The van der Waals surface area contributed by atoms with Crippen LogP contribution < -0.4 is 10.6 Å². The van der Waals surface area contributed by atoms with Crippen LogP contribution in [0.15, 0.2) is 0 Å². The molecule has 2 N–H and O–H groups in total. The fourth-order valence-electron chi connectivity index (χ4n) is 2.64. The third-order valence-electron chi connectivity index (χ3n) is 4.13. The molecule has 0 spiro atoms. The molecule has 1 aliphatic rings. The molecule has 0 unspecified atom stereocenters. The van der Waals surface area contributed by atoms with Gasteiger partial charge in [0, 0.05) is 13.1 Å². The monoisotopic (exact) mass is 313 g/mol. The first-order valence-corrected chi connectivity index (χ1v) is 7.88. The lowest BCUT2D eigenvalue weighted by Crippen LogP contribution is -2.55. The molecule has 0 bridgehead atoms. The van der Waals surface area contributed by atoms with Crippen LogP contribution in [-0.2, 0) is 14.3 Å². The zero-order valence-electron chi connectivity index (χ0n) is 13.8. The van der Waals surface area contributed by atoms with E-state index in [-0.39, 0.29) is 17.7 Å². The Morgan fingerprint density at radius 3 is 2.55 bits per heavy atom. The van der Waals surface area contributed by atoms with Crippen LogP contribution in [0.2, 0.25) is 0 Å². The van der Waals surface area contributed by atoms with Crippen molar-refractivity contribution >= 4 is 17.9 Å². The first-order chi connectivity index (χ1) is 10.5. The Labute approximate surface area is 131 Å². The normalized spacial score (nSPS) is 20.2. The molecule has 0 saturated carbocycles. The molecule has 3 amide bonds. The standard InChI is InChI=1S/C15H27N3O4/c1-5-10(3)12(17-15(21)22-4)14(20)18-9-7-8-11(18)13(19)16-6-2/h10-12H,5-9H2,1-4H3,(H,16,19)(H,17,21)/t10-,11-,12-/m0/s1. The fraction of sp³-hybridized carbons (Fsp3) is 0.800. The maximum Gasteiger partial charge on any atom is 0.407 e. The van der Waals surface area contributed by atoms with Crippen LogP contribution in [0.25, 0.3) is 0 Å². The highest BCUT2D eigenvalue weighted by molar-refractivity contribution is 5.92. The van der Waals surface area contributed by atoms with E-state index in [9.17, 15) is 14.4 Å². The number of likely N-dealkylation sites (tertiary alicyclic amines) is 1. The van der Waals surface area contributed by atoms with Gasteiger partial charge in [0.05, 0.1) is 7.11 Å². The highest BCUT2D eigenvalue weighted by Gasteiger charge is 2.38. The lowest BCUT2D eigenvalue weighted by atomic mass is 9.97. The summed E-state index contributed by atoms with van der Waals surface area (Å²) in [7, 11) is 1.26. The summed E-state index contributed by atoms with van der Waals surface area (Å²) in [5, 5.41) is 5.36. The van der Waals surface area contributed by atoms with Crippen molar-refractivity contribution in [3.63, 3.8) is 0 Å². The zero-order chi connectivity index (χ0) is 16.7. The number of ether oxygens (including phenoxy) is 1. The van der Waals surface area contributed by atoms with Gasteiger partial charge in [0.1, 0.15) is 12.1 Å². The first-order valence-electron chi connectivity index (χ1n) is 7.88. The minimum atomic E-state index is -0.674. The molecular weight excluding hydrogens is 286 g/mol. The summed E-state index contributed by atoms with van der Waals surface area (Å²) in [5.41, 5.74) is 0. The molecule has 0 radical (unpaired) electrons. The van der Waals surface area contributed by atoms with Crippen LogP contribution in [-0.4, -0.2) is 55.1 Å². The van der Waals surface area contributed by atoms with Crippen LogP contribution >= 0.6 is 0 Å². The van der Waals surface area contributed by atoms with Gasteiger partial charge in [-0.3, -0.25) is 9.59 Å². The van der Waals surface area contributed by atoms with Gasteiger partial charge in [-0.25, -0.2) is 4.79 Å². The Bertz CT molecular complexity index is 414. The Morgan fingerprint density at radius 2 is 2.00 bits per heavy atom. The highest BCUT2D eigenvalue weighted by Crippen LogP contribution is 2.21. The molecule has 7 nitrogen and oxygen atoms in total. The van der Waals surface area contributed by atoms with E-state index in [4.69, 9.17) is 0 Å². The van der Waals surface area contributed by atoms with E-state index < -0.39 is 18.2 Å². The van der Waals surface area contributed by atoms with E-state index in [2.05, 4.69) is 15.4 Å². The van der Waals surface area contributed by atoms with Gasteiger partial charge in [-0.2, -0.15) is 0 Å². The van der Waals surface area contributed by atoms with Crippen molar-refractivity contribution in [2.75, 3.05) is 20.2 Å². The molecule has 1 rings (SSSR count). The van der Waals surface area contributed by atoms with Crippen molar-refractivity contribution in [1.29, 1.82) is 0 Å². The second kappa shape index (κ2) is 8.60. The van der Waals surface area contributed by atoms with Crippen LogP contribution in [0, 0.1) is 5.92 Å². The third kappa shape index (κ3) is 4.35. The summed E-state index contributed by atoms with van der Waals surface area (Å²) in [4.78, 5) is 38.0. The Kier molecular flexibility index (Phi) is 7.14. The number of hydrogen-bond acceptors (Lipinski definition) is 4. The van der Waals surface area contributed by atoms with Gasteiger partial charge in [-0.05, 0) is 25.7 Å². The summed E-state index contributed by atoms with van der Waals surface area (Å²) >= 11 is 0. The molecule has 0 aromatic heterocycles.